The largest absolute Gasteiger partial charge is 0.454 e. The van der Waals surface area contributed by atoms with Crippen LogP contribution >= 0.6 is 11.6 Å². The first-order valence-corrected chi connectivity index (χ1v) is 10.7. The minimum atomic E-state index is -3.36. The third kappa shape index (κ3) is 9.39. The number of benzene rings is 1. The predicted octanol–water partition coefficient (Wildman–Crippen LogP) is 0.942. The molecule has 10 heteroatoms. The first-order chi connectivity index (χ1) is 12.6. The number of halogens is 1. The van der Waals surface area contributed by atoms with Gasteiger partial charge < -0.3 is 15.4 Å². The van der Waals surface area contributed by atoms with E-state index >= 15 is 0 Å². The van der Waals surface area contributed by atoms with Crippen molar-refractivity contribution in [1.82, 2.24) is 10.6 Å². The van der Waals surface area contributed by atoms with Gasteiger partial charge in [-0.25, -0.2) is 13.2 Å². The van der Waals surface area contributed by atoms with E-state index in [2.05, 4.69) is 10.6 Å². The molecule has 2 amide bonds. The van der Waals surface area contributed by atoms with Gasteiger partial charge in [-0.3, -0.25) is 9.59 Å². The zero-order chi connectivity index (χ0) is 20.4. The predicted molar refractivity (Wildman–Crippen MR) is 101 cm³/mol. The van der Waals surface area contributed by atoms with Gasteiger partial charge in [0, 0.05) is 23.4 Å². The lowest BCUT2D eigenvalue weighted by Crippen LogP contribution is -2.44. The molecule has 0 unspecified atom stereocenters. The van der Waals surface area contributed by atoms with Crippen molar-refractivity contribution >= 4 is 39.2 Å². The minimum Gasteiger partial charge on any atom is -0.454 e. The van der Waals surface area contributed by atoms with Crippen LogP contribution in [0.4, 0.5) is 0 Å². The quantitative estimate of drug-likeness (QED) is 0.546. The highest BCUT2D eigenvalue weighted by Gasteiger charge is 2.25. The van der Waals surface area contributed by atoms with Crippen LogP contribution in [0.1, 0.15) is 30.1 Å². The van der Waals surface area contributed by atoms with Crippen molar-refractivity contribution in [1.29, 1.82) is 0 Å². The molecule has 1 aromatic carbocycles. The molecule has 0 spiro atoms. The molecule has 0 aliphatic heterocycles. The SMILES string of the molecule is CCCNC(=O)COC(=O)[C@@H](CCS(C)(=O)=O)NC(=O)c1ccc(Cl)cc1. The first-order valence-electron chi connectivity index (χ1n) is 8.30. The van der Waals surface area contributed by atoms with Crippen LogP contribution in [0.2, 0.25) is 5.02 Å². The molecule has 150 valence electrons. The number of esters is 1. The van der Waals surface area contributed by atoms with E-state index in [0.29, 0.717) is 11.6 Å². The van der Waals surface area contributed by atoms with Crippen molar-refractivity contribution in [3.8, 4) is 0 Å². The van der Waals surface area contributed by atoms with Gasteiger partial charge in [0.15, 0.2) is 6.61 Å². The summed E-state index contributed by atoms with van der Waals surface area (Å²) < 4.78 is 27.7. The number of hydrogen-bond acceptors (Lipinski definition) is 6. The van der Waals surface area contributed by atoms with E-state index in [4.69, 9.17) is 16.3 Å². The second-order valence-corrected chi connectivity index (χ2v) is 8.61. The molecule has 0 aromatic heterocycles. The molecule has 0 aliphatic rings. The fourth-order valence-corrected chi connectivity index (χ4v) is 2.77. The van der Waals surface area contributed by atoms with Crippen LogP contribution in [0.15, 0.2) is 24.3 Å². The van der Waals surface area contributed by atoms with Gasteiger partial charge in [0.1, 0.15) is 15.9 Å². The molecule has 0 saturated carbocycles. The Morgan fingerprint density at radius 2 is 1.81 bits per heavy atom. The maximum Gasteiger partial charge on any atom is 0.329 e. The number of hydrogen-bond donors (Lipinski definition) is 2. The minimum absolute atomic E-state index is 0.173. The Labute approximate surface area is 163 Å². The van der Waals surface area contributed by atoms with Crippen LogP contribution in [0, 0.1) is 0 Å². The number of carbonyl (C=O) groups is 3. The lowest BCUT2D eigenvalue weighted by atomic mass is 10.1. The van der Waals surface area contributed by atoms with Crippen LogP contribution in [0.3, 0.4) is 0 Å². The van der Waals surface area contributed by atoms with Crippen molar-refractivity contribution in [2.24, 2.45) is 0 Å². The lowest BCUT2D eigenvalue weighted by Gasteiger charge is -2.17. The average molecular weight is 419 g/mol. The molecular weight excluding hydrogens is 396 g/mol. The summed E-state index contributed by atoms with van der Waals surface area (Å²) >= 11 is 5.77. The highest BCUT2D eigenvalue weighted by atomic mass is 35.5. The Morgan fingerprint density at radius 3 is 2.37 bits per heavy atom. The molecule has 0 aliphatic carbocycles. The van der Waals surface area contributed by atoms with Gasteiger partial charge in [0.05, 0.1) is 5.75 Å². The Morgan fingerprint density at radius 1 is 1.19 bits per heavy atom. The van der Waals surface area contributed by atoms with Gasteiger partial charge in [0.2, 0.25) is 0 Å². The molecule has 1 rings (SSSR count). The van der Waals surface area contributed by atoms with Gasteiger partial charge >= 0.3 is 5.97 Å². The van der Waals surface area contributed by atoms with E-state index in [1.807, 2.05) is 6.92 Å². The van der Waals surface area contributed by atoms with Crippen LogP contribution in [-0.2, 0) is 24.2 Å². The smallest absolute Gasteiger partial charge is 0.329 e. The standard InChI is InChI=1S/C17H23ClN2O6S/c1-3-9-19-15(21)11-26-17(23)14(8-10-27(2,24)25)20-16(22)12-4-6-13(18)7-5-12/h4-7,14H,3,8-11H2,1-2H3,(H,19,21)(H,20,22)/t14-/m1/s1. The van der Waals surface area contributed by atoms with Crippen molar-refractivity contribution in [2.45, 2.75) is 25.8 Å². The second kappa shape index (κ2) is 10.9. The molecule has 0 fully saturated rings. The van der Waals surface area contributed by atoms with Crippen LogP contribution in [0.5, 0.6) is 0 Å². The zero-order valence-electron chi connectivity index (χ0n) is 15.2. The number of nitrogens with one attached hydrogen (secondary N) is 2. The van der Waals surface area contributed by atoms with Crippen LogP contribution in [-0.4, -0.2) is 57.4 Å². The summed E-state index contributed by atoms with van der Waals surface area (Å²) in [6.45, 7) is 1.81. The van der Waals surface area contributed by atoms with E-state index < -0.39 is 40.3 Å². The van der Waals surface area contributed by atoms with Crippen LogP contribution in [0.25, 0.3) is 0 Å². The summed E-state index contributed by atoms with van der Waals surface area (Å²) in [5.41, 5.74) is 0.247. The number of sulfone groups is 1. The molecule has 8 nitrogen and oxygen atoms in total. The van der Waals surface area contributed by atoms with E-state index in [9.17, 15) is 22.8 Å². The molecule has 1 aromatic rings. The highest BCUT2D eigenvalue weighted by molar-refractivity contribution is 7.90. The van der Waals surface area contributed by atoms with Crippen molar-refractivity contribution in [3.05, 3.63) is 34.9 Å². The Bertz CT molecular complexity index is 764. The summed E-state index contributed by atoms with van der Waals surface area (Å²) in [5.74, 6) is -2.27. The fraction of sp³-hybridized carbons (Fsp3) is 0.471. The normalized spacial score (nSPS) is 12.1. The highest BCUT2D eigenvalue weighted by Crippen LogP contribution is 2.10. The molecule has 0 radical (unpaired) electrons. The summed E-state index contributed by atoms with van der Waals surface area (Å²) in [6, 6.07) is 4.75. The van der Waals surface area contributed by atoms with E-state index in [1.54, 1.807) is 0 Å². The summed E-state index contributed by atoms with van der Waals surface area (Å²) in [6.07, 6.45) is 1.58. The molecule has 0 heterocycles. The first kappa shape index (κ1) is 22.9. The Balaban J connectivity index is 2.76. The molecular formula is C17H23ClN2O6S. The molecule has 0 bridgehead atoms. The molecule has 2 N–H and O–H groups in total. The summed E-state index contributed by atoms with van der Waals surface area (Å²) in [4.78, 5) is 36.0. The Hall–Kier alpha value is -2.13. The van der Waals surface area contributed by atoms with Gasteiger partial charge in [0.25, 0.3) is 11.8 Å². The maximum absolute atomic E-state index is 12.3. The summed E-state index contributed by atoms with van der Waals surface area (Å²) in [5, 5.41) is 5.42. The third-order valence-corrected chi connectivity index (χ3v) is 4.62. The lowest BCUT2D eigenvalue weighted by molar-refractivity contribution is -0.150. The van der Waals surface area contributed by atoms with Gasteiger partial charge in [-0.15, -0.1) is 0 Å². The van der Waals surface area contributed by atoms with Crippen molar-refractivity contribution in [2.75, 3.05) is 25.2 Å². The van der Waals surface area contributed by atoms with Gasteiger partial charge in [-0.05, 0) is 37.1 Å². The molecule has 0 saturated heterocycles. The van der Waals surface area contributed by atoms with Gasteiger partial charge in [-0.1, -0.05) is 18.5 Å². The fourth-order valence-electron chi connectivity index (χ4n) is 1.98. The number of amides is 2. The second-order valence-electron chi connectivity index (χ2n) is 5.91. The van der Waals surface area contributed by atoms with E-state index in [1.165, 1.54) is 24.3 Å². The number of carbonyl (C=O) groups excluding carboxylic acids is 3. The third-order valence-electron chi connectivity index (χ3n) is 3.39. The zero-order valence-corrected chi connectivity index (χ0v) is 16.7. The Kier molecular flexibility index (Phi) is 9.23. The topological polar surface area (TPSA) is 119 Å². The van der Waals surface area contributed by atoms with E-state index in [0.717, 1.165) is 12.7 Å². The molecule has 27 heavy (non-hydrogen) atoms. The maximum atomic E-state index is 12.3. The van der Waals surface area contributed by atoms with Crippen molar-refractivity contribution < 1.29 is 27.5 Å². The average Bonchev–Trinajstić information content (AvgIpc) is 2.60. The van der Waals surface area contributed by atoms with Crippen LogP contribution < -0.4 is 10.6 Å². The number of ether oxygens (including phenoxy) is 1. The summed E-state index contributed by atoms with van der Waals surface area (Å²) in [7, 11) is -3.36. The molecule has 1 atom stereocenters. The van der Waals surface area contributed by atoms with Crippen molar-refractivity contribution in [3.63, 3.8) is 0 Å². The number of rotatable bonds is 10. The van der Waals surface area contributed by atoms with Gasteiger partial charge in [-0.2, -0.15) is 0 Å². The monoisotopic (exact) mass is 418 g/mol. The van der Waals surface area contributed by atoms with E-state index in [-0.39, 0.29) is 17.7 Å².